The molecule has 3 rings (SSSR count). The number of nitrogens with one attached hydrogen (secondary N) is 6. The molecular formula is C38H55N11O12. The van der Waals surface area contributed by atoms with Crippen LogP contribution < -0.4 is 49.1 Å². The van der Waals surface area contributed by atoms with E-state index in [0.29, 0.717) is 24.8 Å². The predicted octanol–water partition coefficient (Wildman–Crippen LogP) is -5.02. The maximum Gasteiger partial charge on any atom is 0.326 e. The highest BCUT2D eigenvalue weighted by atomic mass is 16.4. The summed E-state index contributed by atoms with van der Waals surface area (Å²) in [5, 5.41) is 24.2. The van der Waals surface area contributed by atoms with Gasteiger partial charge in [-0.25, -0.2) is 4.79 Å². The highest BCUT2D eigenvalue weighted by molar-refractivity contribution is 5.97. The molecule has 334 valence electrons. The number of likely N-dealkylation sites (tertiary alicyclic amines) is 2. The molecule has 0 spiro atoms. The van der Waals surface area contributed by atoms with Gasteiger partial charge in [-0.2, -0.15) is 0 Å². The number of carboxylic acids is 1. The van der Waals surface area contributed by atoms with E-state index in [-0.39, 0.29) is 58.2 Å². The number of carbonyl (C=O) groups is 11. The Morgan fingerprint density at radius 1 is 0.689 bits per heavy atom. The van der Waals surface area contributed by atoms with Gasteiger partial charge in [0.05, 0.1) is 19.6 Å². The fourth-order valence-electron chi connectivity index (χ4n) is 6.87. The van der Waals surface area contributed by atoms with Crippen LogP contribution in [0.1, 0.15) is 63.9 Å². The Morgan fingerprint density at radius 3 is 1.87 bits per heavy atom. The van der Waals surface area contributed by atoms with Crippen LogP contribution in [0.3, 0.4) is 0 Å². The smallest absolute Gasteiger partial charge is 0.326 e. The molecule has 2 aliphatic rings. The summed E-state index contributed by atoms with van der Waals surface area (Å²) in [5.41, 5.74) is 16.3. The van der Waals surface area contributed by atoms with E-state index in [9.17, 15) is 57.8 Å². The lowest BCUT2D eigenvalue weighted by Gasteiger charge is -2.28. The van der Waals surface area contributed by atoms with Gasteiger partial charge < -0.3 is 64.0 Å². The Labute approximate surface area is 351 Å². The quantitative estimate of drug-likeness (QED) is 0.0494. The average Bonchev–Trinajstić information content (AvgIpc) is 3.93. The minimum atomic E-state index is -1.50. The number of hydrogen-bond donors (Lipinski definition) is 10. The van der Waals surface area contributed by atoms with Crippen molar-refractivity contribution in [2.45, 2.75) is 101 Å². The Bertz CT molecular complexity index is 1810. The zero-order valence-corrected chi connectivity index (χ0v) is 33.8. The first-order valence-corrected chi connectivity index (χ1v) is 19.8. The summed E-state index contributed by atoms with van der Waals surface area (Å²) in [4.78, 5) is 141. The summed E-state index contributed by atoms with van der Waals surface area (Å²) >= 11 is 0. The summed E-state index contributed by atoms with van der Waals surface area (Å²) in [7, 11) is 0. The molecule has 1 aromatic rings. The number of aliphatic carboxylic acids is 1. The van der Waals surface area contributed by atoms with Crippen molar-refractivity contribution in [2.75, 3.05) is 32.7 Å². The van der Waals surface area contributed by atoms with Crippen LogP contribution in [-0.2, 0) is 59.2 Å². The highest BCUT2D eigenvalue weighted by Crippen LogP contribution is 2.20. The lowest BCUT2D eigenvalue weighted by Crippen LogP contribution is -2.56. The molecule has 0 radical (unpaired) electrons. The Kier molecular flexibility index (Phi) is 19.0. The van der Waals surface area contributed by atoms with E-state index in [2.05, 4.69) is 31.9 Å². The average molecular weight is 858 g/mol. The molecule has 0 bridgehead atoms. The number of amides is 10. The summed E-state index contributed by atoms with van der Waals surface area (Å²) in [6.45, 7) is 0.336. The summed E-state index contributed by atoms with van der Waals surface area (Å²) in [5.74, 6) is -8.66. The van der Waals surface area contributed by atoms with E-state index in [1.54, 1.807) is 30.3 Å². The fraction of sp³-hybridized carbons (Fsp3) is 0.553. The Balaban J connectivity index is 1.62. The van der Waals surface area contributed by atoms with Crippen molar-refractivity contribution < 1.29 is 57.8 Å². The number of primary amides is 2. The number of nitrogens with zero attached hydrogens (tertiary/aromatic N) is 2. The molecule has 6 atom stereocenters. The molecule has 0 unspecified atom stereocenters. The van der Waals surface area contributed by atoms with Crippen LogP contribution in [0, 0.1) is 0 Å². The predicted molar refractivity (Wildman–Crippen MR) is 213 cm³/mol. The fourth-order valence-corrected chi connectivity index (χ4v) is 6.87. The number of benzene rings is 1. The van der Waals surface area contributed by atoms with Crippen LogP contribution in [0.2, 0.25) is 0 Å². The van der Waals surface area contributed by atoms with Crippen molar-refractivity contribution in [3.63, 3.8) is 0 Å². The van der Waals surface area contributed by atoms with Crippen LogP contribution in [0.5, 0.6) is 0 Å². The zero-order valence-electron chi connectivity index (χ0n) is 33.8. The lowest BCUT2D eigenvalue weighted by molar-refractivity contribution is -0.142. The highest BCUT2D eigenvalue weighted by Gasteiger charge is 2.39. The maximum atomic E-state index is 13.5. The first kappa shape index (κ1) is 48.7. The molecule has 23 nitrogen and oxygen atoms in total. The van der Waals surface area contributed by atoms with Gasteiger partial charge in [0.2, 0.25) is 59.1 Å². The van der Waals surface area contributed by atoms with Gasteiger partial charge in [-0.05, 0) is 51.0 Å². The third-order valence-corrected chi connectivity index (χ3v) is 10.0. The minimum Gasteiger partial charge on any atom is -0.480 e. The van der Waals surface area contributed by atoms with Crippen molar-refractivity contribution in [1.82, 2.24) is 41.7 Å². The van der Waals surface area contributed by atoms with E-state index in [1.165, 1.54) is 16.7 Å². The van der Waals surface area contributed by atoms with Crippen LogP contribution in [0.25, 0.3) is 0 Å². The Hall–Kier alpha value is -6.65. The first-order valence-electron chi connectivity index (χ1n) is 19.8. The van der Waals surface area contributed by atoms with Crippen LogP contribution in [-0.4, -0.2) is 149 Å². The normalized spacial score (nSPS) is 17.7. The van der Waals surface area contributed by atoms with E-state index in [1.807, 2.05) is 0 Å². The molecule has 2 saturated heterocycles. The number of hydrogen-bond acceptors (Lipinski definition) is 12. The van der Waals surface area contributed by atoms with Crippen molar-refractivity contribution in [3.05, 3.63) is 35.9 Å². The lowest BCUT2D eigenvalue weighted by atomic mass is 10.0. The summed E-state index contributed by atoms with van der Waals surface area (Å²) in [6.07, 6.45) is 0.105. The molecule has 2 aliphatic heterocycles. The Morgan fingerprint density at radius 2 is 1.28 bits per heavy atom. The van der Waals surface area contributed by atoms with Crippen molar-refractivity contribution >= 4 is 65.0 Å². The van der Waals surface area contributed by atoms with Gasteiger partial charge in [0, 0.05) is 32.4 Å². The molecule has 0 aliphatic carbocycles. The third-order valence-electron chi connectivity index (χ3n) is 10.0. The second kappa shape index (κ2) is 23.8. The van der Waals surface area contributed by atoms with E-state index >= 15 is 0 Å². The van der Waals surface area contributed by atoms with Crippen molar-refractivity contribution in [1.29, 1.82) is 0 Å². The van der Waals surface area contributed by atoms with E-state index < -0.39 is 114 Å². The SMILES string of the molecule is C[C@H](NC(=O)CN)C(=O)N1CCC[C@H]1C(=O)NCC(=O)N1CCC[C@H]1C(=O)N[C@@H](CCC(N)=O)C(=O)NCC(=O)N[C@@H](Cc1ccccc1)C(=O)N[C@@H](CCC(N)=O)C(=O)O. The molecule has 1 aromatic carbocycles. The number of nitrogens with two attached hydrogens (primary N) is 3. The molecule has 0 aromatic heterocycles. The van der Waals surface area contributed by atoms with Gasteiger partial charge in [0.25, 0.3) is 0 Å². The maximum absolute atomic E-state index is 13.5. The summed E-state index contributed by atoms with van der Waals surface area (Å²) < 4.78 is 0. The van der Waals surface area contributed by atoms with Gasteiger partial charge >= 0.3 is 5.97 Å². The van der Waals surface area contributed by atoms with Gasteiger partial charge in [-0.1, -0.05) is 30.3 Å². The molecule has 2 heterocycles. The van der Waals surface area contributed by atoms with Crippen molar-refractivity contribution in [2.24, 2.45) is 17.2 Å². The molecule has 13 N–H and O–H groups in total. The van der Waals surface area contributed by atoms with E-state index in [4.69, 9.17) is 17.2 Å². The standard InChI is InChI=1S/C38H55N11O12/c1-21(44-30(52)18-39)37(59)49-16-6-9-26(49)35(57)43-20-32(54)48-15-5-10-27(48)36(58)46-23(11-13-28(40)50)33(55)42-19-31(53)45-25(17-22-7-3-2-4-8-22)34(56)47-24(38(60)61)12-14-29(41)51/h2-4,7-8,21,23-27H,5-6,9-20,39H2,1H3,(H2,40,50)(H2,41,51)(H,42,55)(H,43,57)(H,44,52)(H,45,53)(H,46,58)(H,47,56)(H,60,61)/t21-,23-,24-,25-,26-,27-/m0/s1. The number of carbonyl (C=O) groups excluding carboxylic acids is 10. The first-order chi connectivity index (χ1) is 28.9. The third kappa shape index (κ3) is 15.5. The summed E-state index contributed by atoms with van der Waals surface area (Å²) in [6, 6.07) is 1.31. The minimum absolute atomic E-state index is 0.0827. The second-order valence-corrected chi connectivity index (χ2v) is 14.6. The second-order valence-electron chi connectivity index (χ2n) is 14.6. The van der Waals surface area contributed by atoms with Gasteiger partial charge in [-0.15, -0.1) is 0 Å². The largest absolute Gasteiger partial charge is 0.480 e. The number of rotatable bonds is 23. The van der Waals surface area contributed by atoms with Gasteiger partial charge in [-0.3, -0.25) is 47.9 Å². The van der Waals surface area contributed by atoms with Crippen LogP contribution >= 0.6 is 0 Å². The molecular weight excluding hydrogens is 802 g/mol. The van der Waals surface area contributed by atoms with Crippen LogP contribution in [0.15, 0.2) is 30.3 Å². The number of carboxylic acid groups (broad SMARTS) is 1. The van der Waals surface area contributed by atoms with Crippen molar-refractivity contribution in [3.8, 4) is 0 Å². The molecule has 10 amide bonds. The van der Waals surface area contributed by atoms with Gasteiger partial charge in [0.1, 0.15) is 36.3 Å². The topological polar surface area (TPSA) is 365 Å². The molecule has 23 heteroatoms. The molecule has 0 saturated carbocycles. The monoisotopic (exact) mass is 857 g/mol. The zero-order chi connectivity index (χ0) is 45.2. The molecule has 2 fully saturated rings. The van der Waals surface area contributed by atoms with Gasteiger partial charge in [0.15, 0.2) is 0 Å². The van der Waals surface area contributed by atoms with Crippen LogP contribution in [0.4, 0.5) is 0 Å². The molecule has 61 heavy (non-hydrogen) atoms. The van der Waals surface area contributed by atoms with E-state index in [0.717, 1.165) is 0 Å².